The van der Waals surface area contributed by atoms with Crippen LogP contribution in [0.2, 0.25) is 0 Å². The molecule has 2 heterocycles. The van der Waals surface area contributed by atoms with Crippen LogP contribution >= 0.6 is 0 Å². The summed E-state index contributed by atoms with van der Waals surface area (Å²) in [5.41, 5.74) is 0.403. The van der Waals surface area contributed by atoms with Crippen LogP contribution in [0, 0.1) is 17.2 Å². The number of carbonyl (C=O) groups is 1. The summed E-state index contributed by atoms with van der Waals surface area (Å²) in [7, 11) is -3.61. The average Bonchev–Trinajstić information content (AvgIpc) is 2.99. The van der Waals surface area contributed by atoms with Gasteiger partial charge in [0.25, 0.3) is 5.91 Å². The molecular formula is C15H17N3O3S. The second-order valence-electron chi connectivity index (χ2n) is 5.68. The third-order valence-corrected chi connectivity index (χ3v) is 5.97. The zero-order valence-electron chi connectivity index (χ0n) is 12.1. The molecule has 6 nitrogen and oxygen atoms in total. The second kappa shape index (κ2) is 5.71. The Morgan fingerprint density at radius 3 is 2.55 bits per heavy atom. The molecule has 2 fully saturated rings. The Labute approximate surface area is 130 Å². The van der Waals surface area contributed by atoms with Crippen molar-refractivity contribution >= 4 is 15.9 Å². The number of carbonyl (C=O) groups excluding carboxylic acids is 1. The lowest BCUT2D eigenvalue weighted by atomic mass is 10.1. The molecule has 1 aromatic carbocycles. The predicted octanol–water partition coefficient (Wildman–Crippen LogP) is 1.07. The van der Waals surface area contributed by atoms with Gasteiger partial charge in [-0.15, -0.1) is 0 Å². The highest BCUT2D eigenvalue weighted by Crippen LogP contribution is 2.25. The number of hydrogen-bond donors (Lipinski definition) is 0. The Bertz CT molecular complexity index is 727. The summed E-state index contributed by atoms with van der Waals surface area (Å²) < 4.78 is 26.2. The molecule has 2 aliphatic rings. The number of hydrogen-bond acceptors (Lipinski definition) is 4. The zero-order valence-corrected chi connectivity index (χ0v) is 12.9. The summed E-state index contributed by atoms with van der Waals surface area (Å²) in [6.07, 6.45) is 1.99. The summed E-state index contributed by atoms with van der Waals surface area (Å²) in [4.78, 5) is 14.2. The van der Waals surface area contributed by atoms with E-state index in [2.05, 4.69) is 6.07 Å². The largest absolute Gasteiger partial charge is 0.339 e. The Kier molecular flexibility index (Phi) is 3.89. The standard InChI is InChI=1S/C15H17N3O3S/c16-9-12-10-18(11-12)22(20,21)14-5-3-4-13(8-14)15(19)17-6-1-2-7-17/h3-5,8,12H,1-2,6-7,10-11H2. The van der Waals surface area contributed by atoms with Crippen molar-refractivity contribution in [3.05, 3.63) is 29.8 Å². The first-order valence-corrected chi connectivity index (χ1v) is 8.75. The van der Waals surface area contributed by atoms with Gasteiger partial charge in [0.1, 0.15) is 0 Å². The van der Waals surface area contributed by atoms with Crippen molar-refractivity contribution in [2.45, 2.75) is 17.7 Å². The molecule has 3 rings (SSSR count). The fourth-order valence-corrected chi connectivity index (χ4v) is 4.33. The Morgan fingerprint density at radius 2 is 1.91 bits per heavy atom. The molecule has 0 atom stereocenters. The van der Waals surface area contributed by atoms with Gasteiger partial charge in [-0.1, -0.05) is 6.07 Å². The molecule has 1 amide bonds. The van der Waals surface area contributed by atoms with E-state index in [4.69, 9.17) is 5.26 Å². The molecule has 0 saturated carbocycles. The zero-order chi connectivity index (χ0) is 15.7. The van der Waals surface area contributed by atoms with Crippen LogP contribution in [0.3, 0.4) is 0 Å². The van der Waals surface area contributed by atoms with Crippen LogP contribution in [-0.2, 0) is 10.0 Å². The first kappa shape index (κ1) is 15.0. The van der Waals surface area contributed by atoms with Crippen LogP contribution in [-0.4, -0.2) is 49.7 Å². The van der Waals surface area contributed by atoms with Gasteiger partial charge in [-0.25, -0.2) is 8.42 Å². The maximum Gasteiger partial charge on any atom is 0.253 e. The lowest BCUT2D eigenvalue weighted by molar-refractivity contribution is 0.0792. The highest BCUT2D eigenvalue weighted by atomic mass is 32.2. The van der Waals surface area contributed by atoms with Crippen molar-refractivity contribution in [2.75, 3.05) is 26.2 Å². The number of rotatable bonds is 3. The second-order valence-corrected chi connectivity index (χ2v) is 7.61. The highest BCUT2D eigenvalue weighted by molar-refractivity contribution is 7.89. The van der Waals surface area contributed by atoms with Crippen LogP contribution < -0.4 is 0 Å². The van der Waals surface area contributed by atoms with Gasteiger partial charge in [0.15, 0.2) is 0 Å². The van der Waals surface area contributed by atoms with Crippen molar-refractivity contribution in [1.29, 1.82) is 5.26 Å². The molecule has 0 aliphatic carbocycles. The normalized spacial score (nSPS) is 19.7. The van der Waals surface area contributed by atoms with Gasteiger partial charge >= 0.3 is 0 Å². The Balaban J connectivity index is 1.82. The molecule has 22 heavy (non-hydrogen) atoms. The van der Waals surface area contributed by atoms with Crippen LogP contribution in [0.25, 0.3) is 0 Å². The van der Waals surface area contributed by atoms with Crippen molar-refractivity contribution in [2.24, 2.45) is 5.92 Å². The fraction of sp³-hybridized carbons (Fsp3) is 0.467. The van der Waals surface area contributed by atoms with E-state index in [1.54, 1.807) is 17.0 Å². The molecular weight excluding hydrogens is 302 g/mol. The molecule has 0 spiro atoms. The average molecular weight is 319 g/mol. The van der Waals surface area contributed by atoms with Crippen LogP contribution in [0.15, 0.2) is 29.2 Å². The molecule has 2 aliphatic heterocycles. The van der Waals surface area contributed by atoms with Crippen molar-refractivity contribution in [3.8, 4) is 6.07 Å². The third kappa shape index (κ3) is 2.60. The van der Waals surface area contributed by atoms with E-state index in [0.29, 0.717) is 5.56 Å². The van der Waals surface area contributed by atoms with E-state index in [9.17, 15) is 13.2 Å². The summed E-state index contributed by atoms with van der Waals surface area (Å²) in [6.45, 7) is 1.91. The lowest BCUT2D eigenvalue weighted by Gasteiger charge is -2.34. The number of benzene rings is 1. The number of sulfonamides is 1. The Hall–Kier alpha value is -1.91. The molecule has 0 N–H and O–H groups in total. The van der Waals surface area contributed by atoms with Crippen molar-refractivity contribution in [1.82, 2.24) is 9.21 Å². The van der Waals surface area contributed by atoms with Crippen LogP contribution in [0.5, 0.6) is 0 Å². The number of nitrogens with zero attached hydrogens (tertiary/aromatic N) is 3. The minimum Gasteiger partial charge on any atom is -0.339 e. The number of amides is 1. The van der Waals surface area contributed by atoms with Gasteiger partial charge in [-0.3, -0.25) is 4.79 Å². The quantitative estimate of drug-likeness (QED) is 0.834. The number of likely N-dealkylation sites (tertiary alicyclic amines) is 1. The fourth-order valence-electron chi connectivity index (χ4n) is 2.76. The van der Waals surface area contributed by atoms with Crippen molar-refractivity contribution in [3.63, 3.8) is 0 Å². The smallest absolute Gasteiger partial charge is 0.253 e. The van der Waals surface area contributed by atoms with E-state index in [1.807, 2.05) is 0 Å². The first-order valence-electron chi connectivity index (χ1n) is 7.31. The Morgan fingerprint density at radius 1 is 1.23 bits per heavy atom. The minimum absolute atomic E-state index is 0.118. The maximum atomic E-state index is 12.5. The van der Waals surface area contributed by atoms with E-state index in [0.717, 1.165) is 25.9 Å². The highest BCUT2D eigenvalue weighted by Gasteiger charge is 2.37. The summed E-state index contributed by atoms with van der Waals surface area (Å²) >= 11 is 0. The molecule has 1 aromatic rings. The topological polar surface area (TPSA) is 81.5 Å². The molecule has 0 bridgehead atoms. The molecule has 116 valence electrons. The molecule has 0 aromatic heterocycles. The monoisotopic (exact) mass is 319 g/mol. The maximum absolute atomic E-state index is 12.5. The van der Waals surface area contributed by atoms with Crippen LogP contribution in [0.4, 0.5) is 0 Å². The van der Waals surface area contributed by atoms with E-state index >= 15 is 0 Å². The van der Waals surface area contributed by atoms with E-state index < -0.39 is 10.0 Å². The minimum atomic E-state index is -3.61. The molecule has 0 radical (unpaired) electrons. The van der Waals surface area contributed by atoms with Gasteiger partial charge in [0.2, 0.25) is 10.0 Å². The van der Waals surface area contributed by atoms with Crippen molar-refractivity contribution < 1.29 is 13.2 Å². The molecule has 2 saturated heterocycles. The summed E-state index contributed by atoms with van der Waals surface area (Å²) in [5, 5.41) is 8.76. The lowest BCUT2D eigenvalue weighted by Crippen LogP contribution is -2.49. The first-order chi connectivity index (χ1) is 10.5. The van der Waals surface area contributed by atoms with Crippen LogP contribution in [0.1, 0.15) is 23.2 Å². The van der Waals surface area contributed by atoms with Gasteiger partial charge in [-0.05, 0) is 31.0 Å². The SMILES string of the molecule is N#CC1CN(S(=O)(=O)c2cccc(C(=O)N3CCCC3)c2)C1. The van der Waals surface area contributed by atoms with E-state index in [-0.39, 0.29) is 29.8 Å². The van der Waals surface area contributed by atoms with Gasteiger partial charge < -0.3 is 4.90 Å². The van der Waals surface area contributed by atoms with Gasteiger partial charge in [0.05, 0.1) is 16.9 Å². The molecule has 7 heteroatoms. The summed E-state index contributed by atoms with van der Waals surface area (Å²) in [6, 6.07) is 8.23. The van der Waals surface area contributed by atoms with E-state index in [1.165, 1.54) is 16.4 Å². The third-order valence-electron chi connectivity index (χ3n) is 4.14. The summed E-state index contributed by atoms with van der Waals surface area (Å²) in [5.74, 6) is -0.350. The van der Waals surface area contributed by atoms with Gasteiger partial charge in [-0.2, -0.15) is 9.57 Å². The predicted molar refractivity (Wildman–Crippen MR) is 79.4 cm³/mol. The van der Waals surface area contributed by atoms with Gasteiger partial charge in [0, 0.05) is 31.7 Å². The number of nitriles is 1. The molecule has 0 unspecified atom stereocenters.